The topological polar surface area (TPSA) is 71.2 Å². The van der Waals surface area contributed by atoms with Crippen molar-refractivity contribution in [1.82, 2.24) is 10.3 Å². The molecule has 2 aliphatic heterocycles. The van der Waals surface area contributed by atoms with Crippen molar-refractivity contribution in [2.45, 2.75) is 44.4 Å². The standard InChI is InChI=1S/C13H16N2O3/c1-7-4-11(16)9(6-14-7)13(17)15-10-5-8-2-3-12(10)18-8/h4,6,8,10,12H,2-3,5H2,1H3,(H,14,16)(H,15,17). The maximum absolute atomic E-state index is 12.0. The third-order valence-corrected chi connectivity index (χ3v) is 3.72. The van der Waals surface area contributed by atoms with Crippen molar-refractivity contribution >= 4 is 5.91 Å². The number of aromatic amines is 1. The van der Waals surface area contributed by atoms with Crippen molar-refractivity contribution < 1.29 is 9.53 Å². The maximum atomic E-state index is 12.0. The van der Waals surface area contributed by atoms with Gasteiger partial charge in [0.15, 0.2) is 5.43 Å². The van der Waals surface area contributed by atoms with Crippen molar-refractivity contribution in [2.24, 2.45) is 0 Å². The van der Waals surface area contributed by atoms with Crippen molar-refractivity contribution in [1.29, 1.82) is 0 Å². The zero-order chi connectivity index (χ0) is 12.7. The van der Waals surface area contributed by atoms with Gasteiger partial charge in [0.05, 0.1) is 18.2 Å². The summed E-state index contributed by atoms with van der Waals surface area (Å²) in [6.07, 6.45) is 4.84. The zero-order valence-electron chi connectivity index (χ0n) is 10.2. The van der Waals surface area contributed by atoms with Gasteiger partial charge in [0, 0.05) is 18.0 Å². The molecule has 5 nitrogen and oxygen atoms in total. The summed E-state index contributed by atoms with van der Waals surface area (Å²) in [6, 6.07) is 1.49. The molecule has 0 radical (unpaired) electrons. The molecule has 96 valence electrons. The number of amides is 1. The molecule has 0 aromatic carbocycles. The SMILES string of the molecule is Cc1cc(=O)c(C(=O)NC2CC3CCC2O3)c[nH]1. The van der Waals surface area contributed by atoms with E-state index < -0.39 is 0 Å². The third kappa shape index (κ3) is 1.95. The lowest BCUT2D eigenvalue weighted by Gasteiger charge is -2.19. The summed E-state index contributed by atoms with van der Waals surface area (Å²) >= 11 is 0. The number of fused-ring (bicyclic) bond motifs is 2. The fourth-order valence-corrected chi connectivity index (χ4v) is 2.79. The minimum atomic E-state index is -0.308. The van der Waals surface area contributed by atoms with Crippen molar-refractivity contribution in [3.05, 3.63) is 33.7 Å². The number of hydrogen-bond donors (Lipinski definition) is 2. The van der Waals surface area contributed by atoms with Gasteiger partial charge in [-0.1, -0.05) is 0 Å². The highest BCUT2D eigenvalue weighted by Gasteiger charge is 2.41. The first-order valence-corrected chi connectivity index (χ1v) is 6.29. The van der Waals surface area contributed by atoms with Crippen LogP contribution in [-0.2, 0) is 4.74 Å². The van der Waals surface area contributed by atoms with E-state index >= 15 is 0 Å². The van der Waals surface area contributed by atoms with Crippen LogP contribution in [0.4, 0.5) is 0 Å². The second kappa shape index (κ2) is 4.24. The van der Waals surface area contributed by atoms with Crippen molar-refractivity contribution in [3.8, 4) is 0 Å². The van der Waals surface area contributed by atoms with E-state index in [9.17, 15) is 9.59 Å². The van der Waals surface area contributed by atoms with E-state index in [1.54, 1.807) is 6.92 Å². The molecule has 18 heavy (non-hydrogen) atoms. The second-order valence-electron chi connectivity index (χ2n) is 5.08. The van der Waals surface area contributed by atoms with Crippen molar-refractivity contribution in [3.63, 3.8) is 0 Å². The van der Waals surface area contributed by atoms with Crippen LogP contribution in [-0.4, -0.2) is 29.1 Å². The molecule has 5 heteroatoms. The highest BCUT2D eigenvalue weighted by atomic mass is 16.5. The summed E-state index contributed by atoms with van der Waals surface area (Å²) in [7, 11) is 0. The van der Waals surface area contributed by atoms with Gasteiger partial charge in [-0.25, -0.2) is 0 Å². The van der Waals surface area contributed by atoms with Crippen LogP contribution in [0.1, 0.15) is 35.3 Å². The Morgan fingerprint density at radius 3 is 2.94 bits per heavy atom. The predicted molar refractivity (Wildman–Crippen MR) is 65.6 cm³/mol. The average Bonchev–Trinajstić information content (AvgIpc) is 2.90. The van der Waals surface area contributed by atoms with Gasteiger partial charge in [-0.3, -0.25) is 9.59 Å². The Hall–Kier alpha value is -1.62. The molecule has 0 aliphatic carbocycles. The van der Waals surface area contributed by atoms with E-state index in [1.807, 2.05) is 0 Å². The fraction of sp³-hybridized carbons (Fsp3) is 0.538. The predicted octanol–water partition coefficient (Wildman–Crippen LogP) is 0.733. The number of ether oxygens (including phenoxy) is 1. The molecule has 2 N–H and O–H groups in total. The molecule has 3 heterocycles. The monoisotopic (exact) mass is 248 g/mol. The molecule has 1 amide bonds. The second-order valence-corrected chi connectivity index (χ2v) is 5.08. The first-order valence-electron chi connectivity index (χ1n) is 6.29. The van der Waals surface area contributed by atoms with Crippen LogP contribution in [0.25, 0.3) is 0 Å². The van der Waals surface area contributed by atoms with Crippen LogP contribution >= 0.6 is 0 Å². The lowest BCUT2D eigenvalue weighted by Crippen LogP contribution is -2.42. The Balaban J connectivity index is 1.73. The number of hydrogen-bond acceptors (Lipinski definition) is 3. The Bertz CT molecular complexity index is 537. The van der Waals surface area contributed by atoms with E-state index in [0.717, 1.165) is 25.0 Å². The maximum Gasteiger partial charge on any atom is 0.257 e. The Morgan fingerprint density at radius 1 is 1.50 bits per heavy atom. The van der Waals surface area contributed by atoms with Gasteiger partial charge in [-0.2, -0.15) is 0 Å². The largest absolute Gasteiger partial charge is 0.373 e. The summed E-state index contributed by atoms with van der Waals surface area (Å²) < 4.78 is 5.67. The molecule has 1 aromatic heterocycles. The quantitative estimate of drug-likeness (QED) is 0.810. The fourth-order valence-electron chi connectivity index (χ4n) is 2.79. The van der Waals surface area contributed by atoms with Gasteiger partial charge in [-0.05, 0) is 26.2 Å². The molecule has 0 saturated carbocycles. The number of carbonyl (C=O) groups excluding carboxylic acids is 1. The van der Waals surface area contributed by atoms with Crippen LogP contribution in [0.2, 0.25) is 0 Å². The number of aromatic nitrogens is 1. The average molecular weight is 248 g/mol. The summed E-state index contributed by atoms with van der Waals surface area (Å²) in [6.45, 7) is 1.78. The van der Waals surface area contributed by atoms with E-state index in [2.05, 4.69) is 10.3 Å². The lowest BCUT2D eigenvalue weighted by atomic mass is 9.95. The van der Waals surface area contributed by atoms with Crippen LogP contribution in [0, 0.1) is 6.92 Å². The highest BCUT2D eigenvalue weighted by Crippen LogP contribution is 2.34. The van der Waals surface area contributed by atoms with E-state index in [1.165, 1.54) is 12.3 Å². The first kappa shape index (κ1) is 11.5. The molecule has 2 aliphatic rings. The molecule has 3 atom stereocenters. The number of carbonyl (C=O) groups is 1. The first-order chi connectivity index (χ1) is 8.63. The van der Waals surface area contributed by atoms with Gasteiger partial charge < -0.3 is 15.0 Å². The molecule has 0 spiro atoms. The lowest BCUT2D eigenvalue weighted by molar-refractivity contribution is 0.0840. The van der Waals surface area contributed by atoms with Crippen LogP contribution in [0.3, 0.4) is 0 Å². The summed E-state index contributed by atoms with van der Waals surface area (Å²) in [5, 5.41) is 2.90. The molecule has 1 aromatic rings. The number of aryl methyl sites for hydroxylation is 1. The van der Waals surface area contributed by atoms with Crippen LogP contribution in [0.5, 0.6) is 0 Å². The number of pyridine rings is 1. The smallest absolute Gasteiger partial charge is 0.257 e. The molecule has 3 rings (SSSR count). The summed E-state index contributed by atoms with van der Waals surface area (Å²) in [5.74, 6) is -0.308. The minimum Gasteiger partial charge on any atom is -0.373 e. The Morgan fingerprint density at radius 2 is 2.33 bits per heavy atom. The van der Waals surface area contributed by atoms with Crippen LogP contribution < -0.4 is 10.7 Å². The number of rotatable bonds is 2. The highest BCUT2D eigenvalue weighted by molar-refractivity contribution is 5.94. The Kier molecular flexibility index (Phi) is 2.70. The van der Waals surface area contributed by atoms with E-state index in [0.29, 0.717) is 0 Å². The van der Waals surface area contributed by atoms with E-state index in [-0.39, 0.29) is 35.1 Å². The molecular weight excluding hydrogens is 232 g/mol. The minimum absolute atomic E-state index is 0.0527. The number of H-pyrrole nitrogens is 1. The van der Waals surface area contributed by atoms with Gasteiger partial charge in [-0.15, -0.1) is 0 Å². The van der Waals surface area contributed by atoms with Crippen molar-refractivity contribution in [2.75, 3.05) is 0 Å². The molecule has 2 bridgehead atoms. The van der Waals surface area contributed by atoms with Gasteiger partial charge in [0.1, 0.15) is 5.56 Å². The molecule has 2 saturated heterocycles. The summed E-state index contributed by atoms with van der Waals surface area (Å²) in [4.78, 5) is 26.6. The van der Waals surface area contributed by atoms with Gasteiger partial charge in [0.25, 0.3) is 5.91 Å². The molecular formula is C13H16N2O3. The third-order valence-electron chi connectivity index (χ3n) is 3.72. The van der Waals surface area contributed by atoms with Crippen LogP contribution in [0.15, 0.2) is 17.1 Å². The normalized spacial score (nSPS) is 29.5. The van der Waals surface area contributed by atoms with Gasteiger partial charge >= 0.3 is 0 Å². The summed E-state index contributed by atoms with van der Waals surface area (Å²) in [5.41, 5.74) is 0.677. The van der Waals surface area contributed by atoms with Gasteiger partial charge in [0.2, 0.25) is 0 Å². The molecule has 2 fully saturated rings. The number of nitrogens with one attached hydrogen (secondary N) is 2. The van der Waals surface area contributed by atoms with E-state index in [4.69, 9.17) is 4.74 Å². The zero-order valence-corrected chi connectivity index (χ0v) is 10.2. The Labute approximate surface area is 105 Å². The molecule has 3 unspecified atom stereocenters.